The number of carbonyl (C=O) groups excluding carboxylic acids is 2. The van der Waals surface area contributed by atoms with Crippen molar-refractivity contribution in [1.29, 1.82) is 0 Å². The van der Waals surface area contributed by atoms with Crippen LogP contribution in [0.5, 0.6) is 0 Å². The number of aromatic nitrogens is 1. The molecular formula is C18H18N4O2. The van der Waals surface area contributed by atoms with Crippen LogP contribution in [0, 0.1) is 0 Å². The molecule has 2 aliphatic rings. The summed E-state index contributed by atoms with van der Waals surface area (Å²) in [6.07, 6.45) is 3.21. The van der Waals surface area contributed by atoms with E-state index in [0.29, 0.717) is 24.3 Å². The molecule has 1 unspecified atom stereocenters. The lowest BCUT2D eigenvalue weighted by molar-refractivity contribution is 0.0588. The van der Waals surface area contributed by atoms with Gasteiger partial charge in [0.25, 0.3) is 11.8 Å². The Kier molecular flexibility index (Phi) is 3.45. The quantitative estimate of drug-likeness (QED) is 0.840. The lowest BCUT2D eigenvalue weighted by Crippen LogP contribution is -2.66. The van der Waals surface area contributed by atoms with Crippen molar-refractivity contribution >= 4 is 17.5 Å². The Hall–Kier alpha value is -2.89. The summed E-state index contributed by atoms with van der Waals surface area (Å²) in [5, 5.41) is 6.49. The molecule has 4 rings (SSSR count). The maximum atomic E-state index is 12.7. The third kappa shape index (κ3) is 2.50. The summed E-state index contributed by atoms with van der Waals surface area (Å²) in [4.78, 5) is 31.0. The normalized spacial score (nSPS) is 22.5. The highest BCUT2D eigenvalue weighted by atomic mass is 16.2. The van der Waals surface area contributed by atoms with E-state index in [4.69, 9.17) is 0 Å². The van der Waals surface area contributed by atoms with E-state index < -0.39 is 5.66 Å². The van der Waals surface area contributed by atoms with Crippen LogP contribution in [-0.4, -0.2) is 40.5 Å². The van der Waals surface area contributed by atoms with E-state index >= 15 is 0 Å². The summed E-state index contributed by atoms with van der Waals surface area (Å²) in [6.45, 7) is 1.08. The first-order valence-corrected chi connectivity index (χ1v) is 8.07. The Balaban J connectivity index is 1.59. The van der Waals surface area contributed by atoms with Crippen LogP contribution >= 0.6 is 0 Å². The number of likely N-dealkylation sites (tertiary alicyclic amines) is 1. The summed E-state index contributed by atoms with van der Waals surface area (Å²) in [6, 6.07) is 12.7. The van der Waals surface area contributed by atoms with E-state index in [0.717, 1.165) is 18.5 Å². The second-order valence-corrected chi connectivity index (χ2v) is 6.25. The Labute approximate surface area is 139 Å². The van der Waals surface area contributed by atoms with Gasteiger partial charge >= 0.3 is 0 Å². The maximum absolute atomic E-state index is 12.7. The fourth-order valence-electron chi connectivity index (χ4n) is 3.45. The van der Waals surface area contributed by atoms with Crippen LogP contribution in [0.3, 0.4) is 0 Å². The van der Waals surface area contributed by atoms with Crippen LogP contribution in [0.4, 0.5) is 5.69 Å². The summed E-state index contributed by atoms with van der Waals surface area (Å²) < 4.78 is 0. The summed E-state index contributed by atoms with van der Waals surface area (Å²) in [5.74, 6) is -0.207. The first-order valence-electron chi connectivity index (χ1n) is 8.07. The zero-order valence-corrected chi connectivity index (χ0v) is 13.2. The molecule has 2 N–H and O–H groups in total. The molecule has 3 heterocycles. The summed E-state index contributed by atoms with van der Waals surface area (Å²) >= 11 is 0. The second kappa shape index (κ2) is 5.63. The van der Waals surface area contributed by atoms with Crippen LogP contribution in [0.25, 0.3) is 0 Å². The number of piperidine rings is 1. The van der Waals surface area contributed by atoms with Crippen LogP contribution in [0.2, 0.25) is 0 Å². The number of amides is 2. The molecule has 2 amide bonds. The van der Waals surface area contributed by atoms with Gasteiger partial charge in [-0.15, -0.1) is 0 Å². The molecule has 1 atom stereocenters. The number of pyridine rings is 1. The average Bonchev–Trinajstić information content (AvgIpc) is 2.62. The fourth-order valence-corrected chi connectivity index (χ4v) is 3.45. The van der Waals surface area contributed by atoms with Gasteiger partial charge in [-0.25, -0.2) is 0 Å². The zero-order chi connectivity index (χ0) is 16.6. The topological polar surface area (TPSA) is 74.3 Å². The largest absolute Gasteiger partial charge is 0.361 e. The van der Waals surface area contributed by atoms with Crippen LogP contribution in [0.15, 0.2) is 48.7 Å². The Bertz CT molecular complexity index is 793. The third-order valence-corrected chi connectivity index (χ3v) is 4.56. The minimum absolute atomic E-state index is 0.100. The number of para-hydroxylation sites is 1. The maximum Gasteiger partial charge on any atom is 0.272 e. The molecule has 1 fully saturated rings. The predicted octanol–water partition coefficient (Wildman–Crippen LogP) is 1.87. The molecule has 2 aliphatic heterocycles. The van der Waals surface area contributed by atoms with Gasteiger partial charge in [-0.1, -0.05) is 18.2 Å². The van der Waals surface area contributed by atoms with Gasteiger partial charge in [-0.3, -0.25) is 14.6 Å². The molecule has 1 aromatic heterocycles. The summed E-state index contributed by atoms with van der Waals surface area (Å²) in [7, 11) is 0. The molecule has 6 nitrogen and oxygen atoms in total. The Morgan fingerprint density at radius 1 is 1.12 bits per heavy atom. The highest BCUT2D eigenvalue weighted by Gasteiger charge is 2.42. The Morgan fingerprint density at radius 3 is 2.79 bits per heavy atom. The third-order valence-electron chi connectivity index (χ3n) is 4.56. The van der Waals surface area contributed by atoms with Crippen LogP contribution < -0.4 is 10.6 Å². The van der Waals surface area contributed by atoms with Gasteiger partial charge in [0, 0.05) is 18.4 Å². The van der Waals surface area contributed by atoms with Crippen molar-refractivity contribution in [3.05, 3.63) is 59.9 Å². The van der Waals surface area contributed by atoms with E-state index in [1.165, 1.54) is 0 Å². The molecular weight excluding hydrogens is 304 g/mol. The van der Waals surface area contributed by atoms with Crippen molar-refractivity contribution in [2.24, 2.45) is 0 Å². The monoisotopic (exact) mass is 322 g/mol. The number of rotatable bonds is 1. The van der Waals surface area contributed by atoms with Crippen molar-refractivity contribution in [3.8, 4) is 0 Å². The van der Waals surface area contributed by atoms with Gasteiger partial charge in [-0.2, -0.15) is 0 Å². The van der Waals surface area contributed by atoms with E-state index in [-0.39, 0.29) is 11.8 Å². The first-order chi connectivity index (χ1) is 11.7. The lowest BCUT2D eigenvalue weighted by Gasteiger charge is -2.46. The molecule has 0 bridgehead atoms. The van der Waals surface area contributed by atoms with Gasteiger partial charge in [-0.05, 0) is 37.1 Å². The minimum atomic E-state index is -0.617. The van der Waals surface area contributed by atoms with Crippen LogP contribution in [0.1, 0.15) is 33.7 Å². The van der Waals surface area contributed by atoms with E-state index in [1.54, 1.807) is 35.4 Å². The van der Waals surface area contributed by atoms with Crippen molar-refractivity contribution in [3.63, 3.8) is 0 Å². The highest BCUT2D eigenvalue weighted by Crippen LogP contribution is 2.30. The fraction of sp³-hybridized carbons (Fsp3) is 0.278. The molecule has 1 aromatic carbocycles. The van der Waals surface area contributed by atoms with E-state index in [1.807, 2.05) is 18.2 Å². The molecule has 0 saturated carbocycles. The van der Waals surface area contributed by atoms with Gasteiger partial charge in [0.15, 0.2) is 0 Å². The highest BCUT2D eigenvalue weighted by molar-refractivity contribution is 6.02. The molecule has 2 aromatic rings. The van der Waals surface area contributed by atoms with E-state index in [9.17, 15) is 9.59 Å². The van der Waals surface area contributed by atoms with Crippen molar-refractivity contribution in [2.45, 2.75) is 18.5 Å². The van der Waals surface area contributed by atoms with Crippen LogP contribution in [-0.2, 0) is 0 Å². The minimum Gasteiger partial charge on any atom is -0.361 e. The second-order valence-electron chi connectivity index (χ2n) is 6.25. The molecule has 24 heavy (non-hydrogen) atoms. The number of fused-ring (bicyclic) bond motifs is 1. The molecule has 0 aliphatic carbocycles. The van der Waals surface area contributed by atoms with E-state index in [2.05, 4.69) is 15.6 Å². The first kappa shape index (κ1) is 14.7. The number of nitrogens with zero attached hydrogens (tertiary/aromatic N) is 2. The SMILES string of the molecule is O=C1NC2(CCCN(C(=O)c3ccccn3)C2)Nc2ccccc21. The standard InChI is InChI=1S/C18H18N4O2/c23-16-13-6-1-2-7-14(13)20-18(21-16)9-5-11-22(12-18)17(24)15-8-3-4-10-19-15/h1-4,6-8,10,20H,5,9,11-12H2,(H,21,23). The molecule has 0 radical (unpaired) electrons. The van der Waals surface area contributed by atoms with Crippen molar-refractivity contribution < 1.29 is 9.59 Å². The number of benzene rings is 1. The molecule has 6 heteroatoms. The number of nitrogens with one attached hydrogen (secondary N) is 2. The Morgan fingerprint density at radius 2 is 1.96 bits per heavy atom. The number of hydrogen-bond acceptors (Lipinski definition) is 4. The van der Waals surface area contributed by atoms with Gasteiger partial charge in [0.2, 0.25) is 0 Å². The number of hydrogen-bond donors (Lipinski definition) is 2. The van der Waals surface area contributed by atoms with Gasteiger partial charge < -0.3 is 15.5 Å². The molecule has 1 spiro atoms. The lowest BCUT2D eigenvalue weighted by atomic mass is 9.93. The van der Waals surface area contributed by atoms with Crippen molar-refractivity contribution in [2.75, 3.05) is 18.4 Å². The zero-order valence-electron chi connectivity index (χ0n) is 13.2. The smallest absolute Gasteiger partial charge is 0.272 e. The average molecular weight is 322 g/mol. The predicted molar refractivity (Wildman–Crippen MR) is 89.6 cm³/mol. The van der Waals surface area contributed by atoms with Gasteiger partial charge in [0.05, 0.1) is 12.1 Å². The molecule has 122 valence electrons. The van der Waals surface area contributed by atoms with Crippen molar-refractivity contribution in [1.82, 2.24) is 15.2 Å². The number of anilines is 1. The number of carbonyl (C=O) groups is 2. The summed E-state index contributed by atoms with van der Waals surface area (Å²) in [5.41, 5.74) is 1.26. The molecule has 1 saturated heterocycles. The van der Waals surface area contributed by atoms with Gasteiger partial charge in [0.1, 0.15) is 11.4 Å².